The molecule has 0 saturated carbocycles. The molecule has 0 atom stereocenters. The molecule has 1 aliphatic heterocycles. The monoisotopic (exact) mass is 348 g/mol. The van der Waals surface area contributed by atoms with E-state index in [1.165, 1.54) is 12.1 Å². The summed E-state index contributed by atoms with van der Waals surface area (Å²) in [6.07, 6.45) is 7.37. The Hall–Kier alpha value is -2.64. The molecule has 25 heavy (non-hydrogen) atoms. The van der Waals surface area contributed by atoms with Gasteiger partial charge in [-0.2, -0.15) is 0 Å². The zero-order valence-electron chi connectivity index (χ0n) is 14.2. The van der Waals surface area contributed by atoms with Crippen molar-refractivity contribution in [2.45, 2.75) is 13.8 Å². The second-order valence-corrected chi connectivity index (χ2v) is 4.93. The third-order valence-corrected chi connectivity index (χ3v) is 3.20. The maximum Gasteiger partial charge on any atom is 0.347 e. The number of allylic oxidation sites excluding steroid dienone is 2. The zero-order valence-corrected chi connectivity index (χ0v) is 14.2. The van der Waals surface area contributed by atoms with Crippen molar-refractivity contribution in [1.29, 1.82) is 0 Å². The van der Waals surface area contributed by atoms with Crippen LogP contribution in [0.3, 0.4) is 0 Å². The van der Waals surface area contributed by atoms with Gasteiger partial charge in [0.1, 0.15) is 0 Å². The Morgan fingerprint density at radius 3 is 1.68 bits per heavy atom. The molecule has 0 unspecified atom stereocenters. The Labute approximate surface area is 145 Å². The molecule has 0 N–H and O–H groups in total. The SMILES string of the molecule is CC=CCOCOc1cc2c(cc1OCOCC=CC)C(=O)OC2=O. The first-order valence-corrected chi connectivity index (χ1v) is 7.75. The van der Waals surface area contributed by atoms with Gasteiger partial charge in [0, 0.05) is 0 Å². The highest BCUT2D eigenvalue weighted by Crippen LogP contribution is 2.34. The molecular formula is C18H20O7. The molecule has 7 heteroatoms. The Bertz CT molecular complexity index is 619. The van der Waals surface area contributed by atoms with Crippen LogP contribution in [-0.2, 0) is 14.2 Å². The van der Waals surface area contributed by atoms with E-state index < -0.39 is 11.9 Å². The van der Waals surface area contributed by atoms with Gasteiger partial charge >= 0.3 is 11.9 Å². The Morgan fingerprint density at radius 2 is 1.28 bits per heavy atom. The number of cyclic esters (lactones) is 2. The molecule has 1 aliphatic rings. The average Bonchev–Trinajstić information content (AvgIpc) is 2.88. The van der Waals surface area contributed by atoms with Crippen LogP contribution in [0.25, 0.3) is 0 Å². The molecule has 0 aromatic heterocycles. The van der Waals surface area contributed by atoms with Gasteiger partial charge in [-0.1, -0.05) is 24.3 Å². The number of hydrogen-bond donors (Lipinski definition) is 0. The third kappa shape index (κ3) is 5.17. The van der Waals surface area contributed by atoms with Crippen molar-refractivity contribution >= 4 is 11.9 Å². The molecule has 0 bridgehead atoms. The minimum absolute atomic E-state index is 0.0398. The maximum absolute atomic E-state index is 11.7. The fourth-order valence-electron chi connectivity index (χ4n) is 1.95. The van der Waals surface area contributed by atoms with Crippen LogP contribution >= 0.6 is 0 Å². The zero-order chi connectivity index (χ0) is 18.1. The Kier molecular flexibility index (Phi) is 7.18. The lowest BCUT2D eigenvalue weighted by molar-refractivity contribution is 0.0135. The van der Waals surface area contributed by atoms with Crippen LogP contribution in [-0.4, -0.2) is 38.7 Å². The molecule has 134 valence electrons. The van der Waals surface area contributed by atoms with E-state index in [-0.39, 0.29) is 36.2 Å². The highest BCUT2D eigenvalue weighted by atomic mass is 16.7. The van der Waals surface area contributed by atoms with Gasteiger partial charge in [0.25, 0.3) is 0 Å². The molecule has 0 saturated heterocycles. The summed E-state index contributed by atoms with van der Waals surface area (Å²) in [5.41, 5.74) is 0.270. The molecule has 1 aromatic rings. The van der Waals surface area contributed by atoms with Crippen LogP contribution in [0.4, 0.5) is 0 Å². The number of hydrogen-bond acceptors (Lipinski definition) is 7. The van der Waals surface area contributed by atoms with Gasteiger partial charge in [-0.25, -0.2) is 9.59 Å². The molecule has 2 rings (SSSR count). The fourth-order valence-corrected chi connectivity index (χ4v) is 1.95. The van der Waals surface area contributed by atoms with Crippen molar-refractivity contribution in [3.63, 3.8) is 0 Å². The predicted molar refractivity (Wildman–Crippen MR) is 88.7 cm³/mol. The normalized spacial score (nSPS) is 13.5. The standard InChI is InChI=1S/C18H20O7/c1-3-5-7-21-11-23-15-9-13-14(18(20)25-17(13)19)10-16(15)24-12-22-8-6-4-2/h3-6,9-10H,7-8,11-12H2,1-2H3. The van der Waals surface area contributed by atoms with Crippen LogP contribution in [0, 0.1) is 0 Å². The highest BCUT2D eigenvalue weighted by Gasteiger charge is 2.32. The van der Waals surface area contributed by atoms with Crippen molar-refractivity contribution in [3.05, 3.63) is 47.6 Å². The van der Waals surface area contributed by atoms with Gasteiger partial charge < -0.3 is 23.7 Å². The molecule has 1 aromatic carbocycles. The number of esters is 2. The van der Waals surface area contributed by atoms with Crippen LogP contribution in [0.1, 0.15) is 34.6 Å². The van der Waals surface area contributed by atoms with E-state index in [9.17, 15) is 9.59 Å². The first-order chi connectivity index (χ1) is 12.2. The number of fused-ring (bicyclic) bond motifs is 1. The Balaban J connectivity index is 2.09. The number of ether oxygens (including phenoxy) is 5. The topological polar surface area (TPSA) is 80.3 Å². The quantitative estimate of drug-likeness (QED) is 0.211. The molecular weight excluding hydrogens is 328 g/mol. The summed E-state index contributed by atoms with van der Waals surface area (Å²) in [5, 5.41) is 0. The van der Waals surface area contributed by atoms with E-state index in [4.69, 9.17) is 18.9 Å². The lowest BCUT2D eigenvalue weighted by Gasteiger charge is -2.13. The lowest BCUT2D eigenvalue weighted by atomic mass is 10.1. The first kappa shape index (κ1) is 18.7. The smallest absolute Gasteiger partial charge is 0.347 e. The first-order valence-electron chi connectivity index (χ1n) is 7.75. The number of benzene rings is 1. The van der Waals surface area contributed by atoms with Crippen LogP contribution < -0.4 is 9.47 Å². The van der Waals surface area contributed by atoms with E-state index in [1.807, 2.05) is 38.2 Å². The van der Waals surface area contributed by atoms with Crippen LogP contribution in [0.5, 0.6) is 11.5 Å². The molecule has 0 amide bonds. The van der Waals surface area contributed by atoms with Crippen molar-refractivity contribution in [1.82, 2.24) is 0 Å². The largest absolute Gasteiger partial charge is 0.464 e. The molecule has 1 heterocycles. The van der Waals surface area contributed by atoms with E-state index in [2.05, 4.69) is 4.74 Å². The Morgan fingerprint density at radius 1 is 0.840 bits per heavy atom. The van der Waals surface area contributed by atoms with Gasteiger partial charge in [-0.3, -0.25) is 0 Å². The van der Waals surface area contributed by atoms with Crippen molar-refractivity contribution in [2.75, 3.05) is 26.8 Å². The molecule has 0 aliphatic carbocycles. The summed E-state index contributed by atoms with van der Waals surface area (Å²) in [6.45, 7) is 4.47. The highest BCUT2D eigenvalue weighted by molar-refractivity contribution is 6.15. The minimum Gasteiger partial charge on any atom is -0.464 e. The van der Waals surface area contributed by atoms with Crippen LogP contribution in [0.2, 0.25) is 0 Å². The lowest BCUT2D eigenvalue weighted by Crippen LogP contribution is -2.08. The summed E-state index contributed by atoms with van der Waals surface area (Å²) in [4.78, 5) is 23.3. The predicted octanol–water partition coefficient (Wildman–Crippen LogP) is 2.86. The van der Waals surface area contributed by atoms with E-state index in [1.54, 1.807) is 0 Å². The van der Waals surface area contributed by atoms with E-state index in [0.29, 0.717) is 13.2 Å². The van der Waals surface area contributed by atoms with Gasteiger partial charge in [0.15, 0.2) is 25.1 Å². The summed E-state index contributed by atoms with van der Waals surface area (Å²) < 4.78 is 26.1. The fraction of sp³-hybridized carbons (Fsp3) is 0.333. The summed E-state index contributed by atoms with van der Waals surface area (Å²) in [5.74, 6) is -0.896. The third-order valence-electron chi connectivity index (χ3n) is 3.20. The van der Waals surface area contributed by atoms with Crippen molar-refractivity contribution in [2.24, 2.45) is 0 Å². The number of carbonyl (C=O) groups excluding carboxylic acids is 2. The second kappa shape index (κ2) is 9.61. The van der Waals surface area contributed by atoms with Crippen molar-refractivity contribution in [3.8, 4) is 11.5 Å². The molecule has 0 radical (unpaired) electrons. The molecule has 0 fully saturated rings. The van der Waals surface area contributed by atoms with Crippen molar-refractivity contribution < 1.29 is 33.3 Å². The molecule has 7 nitrogen and oxygen atoms in total. The summed E-state index contributed by atoms with van der Waals surface area (Å²) >= 11 is 0. The van der Waals surface area contributed by atoms with E-state index >= 15 is 0 Å². The summed E-state index contributed by atoms with van der Waals surface area (Å²) in [6, 6.07) is 2.81. The number of rotatable bonds is 10. The number of carbonyl (C=O) groups is 2. The maximum atomic E-state index is 11.7. The van der Waals surface area contributed by atoms with Gasteiger partial charge in [-0.05, 0) is 26.0 Å². The van der Waals surface area contributed by atoms with Gasteiger partial charge in [0.2, 0.25) is 0 Å². The second-order valence-electron chi connectivity index (χ2n) is 4.93. The van der Waals surface area contributed by atoms with E-state index in [0.717, 1.165) is 0 Å². The van der Waals surface area contributed by atoms with Gasteiger partial charge in [-0.15, -0.1) is 0 Å². The minimum atomic E-state index is -0.712. The van der Waals surface area contributed by atoms with Gasteiger partial charge in [0.05, 0.1) is 24.3 Å². The molecule has 0 spiro atoms. The average molecular weight is 348 g/mol. The summed E-state index contributed by atoms with van der Waals surface area (Å²) in [7, 11) is 0. The van der Waals surface area contributed by atoms with Crippen LogP contribution in [0.15, 0.2) is 36.4 Å².